The van der Waals surface area contributed by atoms with Crippen molar-refractivity contribution in [2.75, 3.05) is 18.9 Å². The van der Waals surface area contributed by atoms with Gasteiger partial charge in [-0.3, -0.25) is 9.40 Å². The number of aromatic nitrogens is 5. The lowest BCUT2D eigenvalue weighted by Crippen LogP contribution is -2.47. The van der Waals surface area contributed by atoms with Crippen molar-refractivity contribution in [2.45, 2.75) is 37.2 Å². The first-order valence-corrected chi connectivity index (χ1v) is 12.6. The van der Waals surface area contributed by atoms with Crippen LogP contribution >= 0.6 is 0 Å². The van der Waals surface area contributed by atoms with Crippen molar-refractivity contribution in [2.24, 2.45) is 12.5 Å². The number of rotatable bonds is 7. The van der Waals surface area contributed by atoms with E-state index in [1.165, 1.54) is 24.2 Å². The predicted molar refractivity (Wildman–Crippen MR) is 131 cm³/mol. The van der Waals surface area contributed by atoms with Gasteiger partial charge in [-0.25, -0.2) is 18.1 Å². The Morgan fingerprint density at radius 3 is 2.54 bits per heavy atom. The number of nitrogens with one attached hydrogen (secondary N) is 1. The van der Waals surface area contributed by atoms with Gasteiger partial charge in [0.05, 0.1) is 36.8 Å². The van der Waals surface area contributed by atoms with E-state index in [1.807, 2.05) is 18.2 Å². The number of hydrogen-bond acceptors (Lipinski definition) is 7. The summed E-state index contributed by atoms with van der Waals surface area (Å²) in [6, 6.07) is 7.36. The van der Waals surface area contributed by atoms with Gasteiger partial charge in [0.2, 0.25) is 0 Å². The molecule has 1 aliphatic rings. The number of nitrogens with zero attached hydrogens (tertiary/aromatic N) is 5. The largest absolute Gasteiger partial charge is 0.494 e. The smallest absolute Gasteiger partial charge is 0.265 e. The standard InChI is InChI=1S/C24H28N6O4S/c1-23(2)14-24(15-23,34-5)17-8-9-25-20(10-17)30-13-18(12-27-30)35(31,32)28-21-19(33-4)7-6-16-11-26-29(3)22(16)21/h6-13,28H,14-15H2,1-5H3. The average molecular weight is 497 g/mol. The number of fused-ring (bicyclic) bond motifs is 1. The van der Waals surface area contributed by atoms with Crippen LogP contribution in [0, 0.1) is 5.41 Å². The number of sulfonamides is 1. The molecule has 0 spiro atoms. The fraction of sp³-hybridized carbons (Fsp3) is 0.375. The van der Waals surface area contributed by atoms with Crippen LogP contribution in [-0.2, 0) is 27.4 Å². The summed E-state index contributed by atoms with van der Waals surface area (Å²) in [7, 11) is 0.971. The highest BCUT2D eigenvalue weighted by atomic mass is 32.2. The number of anilines is 1. The SMILES string of the molecule is COc1ccc2cnn(C)c2c1NS(=O)(=O)c1cnn(-c2cc(C3(OC)CC(C)(C)C3)ccn2)c1. The summed E-state index contributed by atoms with van der Waals surface area (Å²) in [5.41, 5.74) is 1.75. The van der Waals surface area contributed by atoms with Gasteiger partial charge in [0, 0.05) is 25.7 Å². The molecule has 0 atom stereocenters. The van der Waals surface area contributed by atoms with Crippen molar-refractivity contribution in [3.05, 3.63) is 54.6 Å². The van der Waals surface area contributed by atoms with Crippen molar-refractivity contribution in [1.82, 2.24) is 24.5 Å². The highest BCUT2D eigenvalue weighted by Crippen LogP contribution is 2.55. The Balaban J connectivity index is 1.47. The topological polar surface area (TPSA) is 113 Å². The third kappa shape index (κ3) is 3.94. The van der Waals surface area contributed by atoms with E-state index in [1.54, 1.807) is 37.3 Å². The average Bonchev–Trinajstić information content (AvgIpc) is 3.45. The Labute approximate surface area is 203 Å². The van der Waals surface area contributed by atoms with Crippen molar-refractivity contribution < 1.29 is 17.9 Å². The van der Waals surface area contributed by atoms with Crippen LogP contribution in [0.5, 0.6) is 5.75 Å². The number of benzene rings is 1. The van der Waals surface area contributed by atoms with Gasteiger partial charge in [-0.2, -0.15) is 10.2 Å². The third-order valence-electron chi connectivity index (χ3n) is 6.62. The minimum absolute atomic E-state index is 0.00263. The lowest BCUT2D eigenvalue weighted by molar-refractivity contribution is -0.145. The van der Waals surface area contributed by atoms with Crippen LogP contribution in [0.2, 0.25) is 0 Å². The van der Waals surface area contributed by atoms with Gasteiger partial charge >= 0.3 is 0 Å². The number of hydrogen-bond donors (Lipinski definition) is 1. The maximum Gasteiger partial charge on any atom is 0.265 e. The molecule has 1 fully saturated rings. The van der Waals surface area contributed by atoms with E-state index in [2.05, 4.69) is 33.8 Å². The Kier molecular flexibility index (Phi) is 5.37. The number of aryl methyl sites for hydroxylation is 1. The molecule has 4 aromatic rings. The van der Waals surface area contributed by atoms with Crippen LogP contribution in [0.25, 0.3) is 16.7 Å². The minimum Gasteiger partial charge on any atom is -0.494 e. The van der Waals surface area contributed by atoms with Gasteiger partial charge in [-0.15, -0.1) is 0 Å². The zero-order valence-electron chi connectivity index (χ0n) is 20.3. The maximum absolute atomic E-state index is 13.3. The van der Waals surface area contributed by atoms with Crippen LogP contribution in [-0.4, -0.2) is 47.2 Å². The Morgan fingerprint density at radius 2 is 1.86 bits per heavy atom. The van der Waals surface area contributed by atoms with Crippen LogP contribution < -0.4 is 9.46 Å². The van der Waals surface area contributed by atoms with E-state index in [0.717, 1.165) is 23.8 Å². The van der Waals surface area contributed by atoms with Gasteiger partial charge in [-0.1, -0.05) is 13.8 Å². The number of pyridine rings is 1. The van der Waals surface area contributed by atoms with Crippen LogP contribution in [0.4, 0.5) is 5.69 Å². The summed E-state index contributed by atoms with van der Waals surface area (Å²) in [4.78, 5) is 4.40. The Bertz CT molecular complexity index is 1510. The molecule has 0 saturated heterocycles. The van der Waals surface area contributed by atoms with Crippen LogP contribution in [0.1, 0.15) is 32.3 Å². The molecule has 0 aliphatic heterocycles. The van der Waals surface area contributed by atoms with E-state index in [0.29, 0.717) is 22.8 Å². The molecule has 1 aliphatic carbocycles. The van der Waals surface area contributed by atoms with Gasteiger partial charge in [0.15, 0.2) is 5.82 Å². The molecule has 0 radical (unpaired) electrons. The molecule has 35 heavy (non-hydrogen) atoms. The number of methoxy groups -OCH3 is 2. The normalized spacial score (nSPS) is 16.7. The molecule has 184 valence electrons. The number of ether oxygens (including phenoxy) is 2. The molecule has 11 heteroatoms. The molecule has 0 bridgehead atoms. The highest BCUT2D eigenvalue weighted by Gasteiger charge is 2.50. The zero-order chi connectivity index (χ0) is 25.0. The van der Waals surface area contributed by atoms with E-state index < -0.39 is 10.0 Å². The zero-order valence-corrected chi connectivity index (χ0v) is 21.1. The molecular formula is C24H28N6O4S. The monoisotopic (exact) mass is 496 g/mol. The second kappa shape index (κ2) is 8.06. The van der Waals surface area contributed by atoms with Gasteiger partial charge in [0.1, 0.15) is 16.3 Å². The van der Waals surface area contributed by atoms with Crippen LogP contribution in [0.3, 0.4) is 0 Å². The predicted octanol–water partition coefficient (Wildman–Crippen LogP) is 3.63. The molecule has 10 nitrogen and oxygen atoms in total. The Hall–Kier alpha value is -3.44. The van der Waals surface area contributed by atoms with Gasteiger partial charge in [-0.05, 0) is 48.1 Å². The summed E-state index contributed by atoms with van der Waals surface area (Å²) in [6.45, 7) is 4.43. The third-order valence-corrected chi connectivity index (χ3v) is 7.92. The first kappa shape index (κ1) is 23.3. The van der Waals surface area contributed by atoms with Crippen molar-refractivity contribution in [3.63, 3.8) is 0 Å². The Morgan fingerprint density at radius 1 is 1.09 bits per heavy atom. The summed E-state index contributed by atoms with van der Waals surface area (Å²) < 4.78 is 43.6. The fourth-order valence-electron chi connectivity index (χ4n) is 5.07. The molecule has 0 unspecified atom stereocenters. The molecule has 1 N–H and O–H groups in total. The second-order valence-corrected chi connectivity index (χ2v) is 11.4. The van der Waals surface area contributed by atoms with Crippen LogP contribution in [0.15, 0.2) is 53.9 Å². The molecular weight excluding hydrogens is 468 g/mol. The quantitative estimate of drug-likeness (QED) is 0.416. The molecule has 1 saturated carbocycles. The van der Waals surface area contributed by atoms with Crippen molar-refractivity contribution in [3.8, 4) is 11.6 Å². The molecule has 3 heterocycles. The van der Waals surface area contributed by atoms with Gasteiger partial charge in [0.25, 0.3) is 10.0 Å². The molecule has 1 aromatic carbocycles. The molecule has 3 aromatic heterocycles. The summed E-state index contributed by atoms with van der Waals surface area (Å²) >= 11 is 0. The minimum atomic E-state index is -3.98. The van der Waals surface area contributed by atoms with E-state index in [4.69, 9.17) is 9.47 Å². The molecule has 5 rings (SSSR count). The van der Waals surface area contributed by atoms with Crippen molar-refractivity contribution >= 4 is 26.6 Å². The lowest BCUT2D eigenvalue weighted by Gasteiger charge is -2.52. The lowest BCUT2D eigenvalue weighted by atomic mass is 9.59. The fourth-order valence-corrected chi connectivity index (χ4v) is 6.08. The van der Waals surface area contributed by atoms with Crippen molar-refractivity contribution in [1.29, 1.82) is 0 Å². The summed E-state index contributed by atoms with van der Waals surface area (Å²) in [5.74, 6) is 0.899. The first-order chi connectivity index (χ1) is 16.6. The van der Waals surface area contributed by atoms with E-state index >= 15 is 0 Å². The highest BCUT2D eigenvalue weighted by molar-refractivity contribution is 7.92. The van der Waals surface area contributed by atoms with E-state index in [-0.39, 0.29) is 15.9 Å². The summed E-state index contributed by atoms with van der Waals surface area (Å²) in [5, 5.41) is 9.29. The summed E-state index contributed by atoms with van der Waals surface area (Å²) in [6.07, 6.45) is 7.88. The van der Waals surface area contributed by atoms with E-state index in [9.17, 15) is 8.42 Å². The maximum atomic E-state index is 13.3. The van der Waals surface area contributed by atoms with Gasteiger partial charge < -0.3 is 9.47 Å². The first-order valence-electron chi connectivity index (χ1n) is 11.2. The molecule has 0 amide bonds. The second-order valence-electron chi connectivity index (χ2n) is 9.69.